The highest BCUT2D eigenvalue weighted by Crippen LogP contribution is 2.28. The van der Waals surface area contributed by atoms with Gasteiger partial charge in [0.15, 0.2) is 46.2 Å². The number of benzene rings is 3. The highest BCUT2D eigenvalue weighted by atomic mass is 19.2. The van der Waals surface area contributed by atoms with E-state index in [4.69, 9.17) is 9.47 Å². The molecule has 3 rings (SSSR count). The molecule has 2 N–H and O–H groups in total. The molecule has 0 aliphatic heterocycles. The molecule has 0 unspecified atom stereocenters. The highest BCUT2D eigenvalue weighted by molar-refractivity contribution is 6.31. The largest absolute Gasteiger partial charge is 0.504 e. The van der Waals surface area contributed by atoms with Gasteiger partial charge in [0.25, 0.3) is 0 Å². The first kappa shape index (κ1) is 25.9. The maximum Gasteiger partial charge on any atom is 0.189 e. The molecule has 0 fully saturated rings. The van der Waals surface area contributed by atoms with E-state index in [0.29, 0.717) is 11.1 Å². The number of ketones is 2. The topological polar surface area (TPSA) is 93.1 Å². The normalized spacial score (nSPS) is 11.0. The van der Waals surface area contributed by atoms with Gasteiger partial charge in [-0.15, -0.1) is 0 Å². The Balaban J connectivity index is 1.95. The Morgan fingerprint density at radius 2 is 1.17 bits per heavy atom. The molecule has 6 nitrogen and oxygen atoms in total. The van der Waals surface area contributed by atoms with Gasteiger partial charge in [-0.1, -0.05) is 30.4 Å². The van der Waals surface area contributed by atoms with Crippen LogP contribution in [-0.2, 0) is 9.59 Å². The van der Waals surface area contributed by atoms with Crippen LogP contribution in [0.5, 0.6) is 23.0 Å². The van der Waals surface area contributed by atoms with E-state index in [1.165, 1.54) is 56.7 Å². The molecular formula is C28H22F2O6. The van der Waals surface area contributed by atoms with Gasteiger partial charge in [-0.2, -0.15) is 0 Å². The van der Waals surface area contributed by atoms with Crippen molar-refractivity contribution in [2.75, 3.05) is 14.2 Å². The van der Waals surface area contributed by atoms with E-state index >= 15 is 0 Å². The van der Waals surface area contributed by atoms with E-state index in [9.17, 15) is 28.6 Å². The van der Waals surface area contributed by atoms with Crippen molar-refractivity contribution in [1.82, 2.24) is 0 Å². The molecule has 0 saturated heterocycles. The van der Waals surface area contributed by atoms with Gasteiger partial charge in [-0.05, 0) is 71.3 Å². The average Bonchev–Trinajstić information content (AvgIpc) is 2.87. The fourth-order valence-electron chi connectivity index (χ4n) is 3.15. The standard InChI is InChI=1S/C28H22F2O6/c1-35-27-15-17(6-11-25(27)33)4-9-23(31)20(13-19-3-8-21(29)22(30)14-19)24(32)10-5-18-7-12-26(34)28(16-18)36-2/h3-16,33-34H,1-2H3/b9-4+,10-5+. The smallest absolute Gasteiger partial charge is 0.189 e. The lowest BCUT2D eigenvalue weighted by molar-refractivity contribution is -0.116. The monoisotopic (exact) mass is 492 g/mol. The molecular weight excluding hydrogens is 470 g/mol. The molecule has 0 aromatic heterocycles. The van der Waals surface area contributed by atoms with E-state index in [1.807, 2.05) is 0 Å². The van der Waals surface area contributed by atoms with Crippen LogP contribution in [0.3, 0.4) is 0 Å². The predicted molar refractivity (Wildman–Crippen MR) is 132 cm³/mol. The minimum Gasteiger partial charge on any atom is -0.504 e. The summed E-state index contributed by atoms with van der Waals surface area (Å²) in [4.78, 5) is 26.0. The summed E-state index contributed by atoms with van der Waals surface area (Å²) in [5, 5.41) is 19.4. The van der Waals surface area contributed by atoms with Gasteiger partial charge in [-0.3, -0.25) is 9.59 Å². The van der Waals surface area contributed by atoms with E-state index in [0.717, 1.165) is 30.4 Å². The van der Waals surface area contributed by atoms with Gasteiger partial charge in [0.05, 0.1) is 19.8 Å². The lowest BCUT2D eigenvalue weighted by Crippen LogP contribution is -2.08. The molecule has 184 valence electrons. The number of carbonyl (C=O) groups excluding carboxylic acids is 2. The van der Waals surface area contributed by atoms with Crippen LogP contribution in [0.15, 0.2) is 72.3 Å². The molecule has 8 heteroatoms. The summed E-state index contributed by atoms with van der Waals surface area (Å²) in [7, 11) is 2.76. The highest BCUT2D eigenvalue weighted by Gasteiger charge is 2.15. The Hall–Kier alpha value is -4.72. The molecule has 3 aromatic rings. The maximum absolute atomic E-state index is 13.7. The summed E-state index contributed by atoms with van der Waals surface area (Å²) < 4.78 is 37.1. The second-order valence-electron chi connectivity index (χ2n) is 7.49. The summed E-state index contributed by atoms with van der Waals surface area (Å²) in [6.45, 7) is 0. The first-order valence-corrected chi connectivity index (χ1v) is 10.6. The van der Waals surface area contributed by atoms with Gasteiger partial charge in [-0.25, -0.2) is 8.78 Å². The third-order valence-electron chi connectivity index (χ3n) is 5.05. The van der Waals surface area contributed by atoms with Gasteiger partial charge in [0.1, 0.15) is 0 Å². The number of phenolic OH excluding ortho intramolecular Hbond substituents is 2. The Morgan fingerprint density at radius 1 is 0.694 bits per heavy atom. The second kappa shape index (κ2) is 11.6. The number of ether oxygens (including phenoxy) is 2. The van der Waals surface area contributed by atoms with Gasteiger partial charge >= 0.3 is 0 Å². The van der Waals surface area contributed by atoms with Crippen molar-refractivity contribution in [1.29, 1.82) is 0 Å². The fraction of sp³-hybridized carbons (Fsp3) is 0.0714. The molecule has 0 heterocycles. The molecule has 0 aliphatic rings. The van der Waals surface area contributed by atoms with Crippen molar-refractivity contribution in [3.05, 3.63) is 101 Å². The second-order valence-corrected chi connectivity index (χ2v) is 7.49. The number of hydrogen-bond donors (Lipinski definition) is 2. The zero-order valence-corrected chi connectivity index (χ0v) is 19.4. The predicted octanol–water partition coefficient (Wildman–Crippen LogP) is 5.34. The average molecular weight is 492 g/mol. The molecule has 0 radical (unpaired) electrons. The molecule has 0 amide bonds. The summed E-state index contributed by atoms with van der Waals surface area (Å²) in [6, 6.07) is 11.9. The number of methoxy groups -OCH3 is 2. The molecule has 0 aliphatic carbocycles. The number of aromatic hydroxyl groups is 2. The quantitative estimate of drug-likeness (QED) is 0.238. The van der Waals surface area contributed by atoms with Crippen LogP contribution >= 0.6 is 0 Å². The SMILES string of the molecule is COc1cc(/C=C/C(=O)C(=Cc2ccc(F)c(F)c2)C(=O)/C=C/c2ccc(O)c(OC)c2)ccc1O. The lowest BCUT2D eigenvalue weighted by atomic mass is 10.0. The molecule has 0 saturated carbocycles. The Labute approximate surface area is 206 Å². The summed E-state index contributed by atoms with van der Waals surface area (Å²) in [5.41, 5.74) is 0.851. The van der Waals surface area contributed by atoms with Crippen molar-refractivity contribution >= 4 is 29.8 Å². The fourth-order valence-corrected chi connectivity index (χ4v) is 3.15. The van der Waals surface area contributed by atoms with Gasteiger partial charge in [0, 0.05) is 0 Å². The van der Waals surface area contributed by atoms with Crippen LogP contribution in [0.25, 0.3) is 18.2 Å². The van der Waals surface area contributed by atoms with Crippen LogP contribution in [0, 0.1) is 11.6 Å². The first-order valence-electron chi connectivity index (χ1n) is 10.6. The number of phenols is 2. The summed E-state index contributed by atoms with van der Waals surface area (Å²) in [5.74, 6) is -3.32. The zero-order valence-electron chi connectivity index (χ0n) is 19.4. The Morgan fingerprint density at radius 3 is 1.61 bits per heavy atom. The van der Waals surface area contributed by atoms with Crippen molar-refractivity contribution in [2.45, 2.75) is 0 Å². The maximum atomic E-state index is 13.7. The van der Waals surface area contributed by atoms with Crippen molar-refractivity contribution in [2.24, 2.45) is 0 Å². The van der Waals surface area contributed by atoms with E-state index in [-0.39, 0.29) is 34.1 Å². The molecule has 0 spiro atoms. The van der Waals surface area contributed by atoms with Crippen molar-refractivity contribution in [3.63, 3.8) is 0 Å². The Kier molecular flexibility index (Phi) is 8.35. The van der Waals surface area contributed by atoms with Gasteiger partial charge in [0.2, 0.25) is 0 Å². The number of allylic oxidation sites excluding steroid dienone is 3. The van der Waals surface area contributed by atoms with E-state index in [2.05, 4.69) is 0 Å². The number of rotatable bonds is 9. The van der Waals surface area contributed by atoms with Gasteiger partial charge < -0.3 is 19.7 Å². The van der Waals surface area contributed by atoms with Crippen LogP contribution in [-0.4, -0.2) is 36.0 Å². The van der Waals surface area contributed by atoms with Crippen LogP contribution < -0.4 is 9.47 Å². The van der Waals surface area contributed by atoms with E-state index < -0.39 is 23.2 Å². The number of carbonyl (C=O) groups is 2. The van der Waals surface area contributed by atoms with Crippen molar-refractivity contribution in [3.8, 4) is 23.0 Å². The van der Waals surface area contributed by atoms with Crippen LogP contribution in [0.2, 0.25) is 0 Å². The minimum absolute atomic E-state index is 0.0777. The molecule has 3 aromatic carbocycles. The van der Waals surface area contributed by atoms with Crippen LogP contribution in [0.4, 0.5) is 8.78 Å². The Bertz CT molecular complexity index is 1310. The van der Waals surface area contributed by atoms with Crippen molar-refractivity contribution < 1.29 is 38.1 Å². The van der Waals surface area contributed by atoms with Crippen LogP contribution in [0.1, 0.15) is 16.7 Å². The number of hydrogen-bond acceptors (Lipinski definition) is 6. The summed E-state index contributed by atoms with van der Waals surface area (Å²) >= 11 is 0. The molecule has 0 bridgehead atoms. The number of halogens is 2. The molecule has 0 atom stereocenters. The summed E-state index contributed by atoms with van der Waals surface area (Å²) in [6.07, 6.45) is 6.30. The minimum atomic E-state index is -1.12. The molecule has 36 heavy (non-hydrogen) atoms. The first-order chi connectivity index (χ1) is 17.2. The lowest BCUT2D eigenvalue weighted by Gasteiger charge is -2.05. The zero-order chi connectivity index (χ0) is 26.2. The van der Waals surface area contributed by atoms with E-state index in [1.54, 1.807) is 12.1 Å². The third kappa shape index (κ3) is 6.44. The third-order valence-corrected chi connectivity index (χ3v) is 5.05.